The van der Waals surface area contributed by atoms with Gasteiger partial charge < -0.3 is 64.3 Å². The highest BCUT2D eigenvalue weighted by molar-refractivity contribution is 6.05. The number of hydrogen-bond acceptors (Lipinski definition) is 20. The number of fused-ring (bicyclic) bond motifs is 22. The number of rotatable bonds is 19. The topological polar surface area (TPSA) is 403 Å². The van der Waals surface area contributed by atoms with Gasteiger partial charge in [0.15, 0.2) is 0 Å². The summed E-state index contributed by atoms with van der Waals surface area (Å²) in [5.41, 5.74) is 25.2. The van der Waals surface area contributed by atoms with E-state index in [1.54, 1.807) is 54.8 Å². The fourth-order valence-corrected chi connectivity index (χ4v) is 15.9. The number of nitrogens with two attached hydrogens (primary N) is 1. The summed E-state index contributed by atoms with van der Waals surface area (Å²) in [6, 6.07) is 18.5. The summed E-state index contributed by atoms with van der Waals surface area (Å²) in [5.74, 6) is -7.78. The predicted molar refractivity (Wildman–Crippen MR) is 434 cm³/mol. The van der Waals surface area contributed by atoms with E-state index < -0.39 is 64.4 Å². The van der Waals surface area contributed by atoms with Gasteiger partial charge in [-0.15, -0.1) is 0 Å². The Morgan fingerprint density at radius 3 is 1.10 bits per heavy atom. The quantitative estimate of drug-likeness (QED) is 0.0292. The number of aliphatic carboxylic acids is 2. The SMILES string of the molecule is C=CC1=C(C)c2cc3nc(cc4[nH]c(cc5[nH]c(cc1n2)c(C)c5CCC(=O)O)c(CCC(=O)OC)c4C)[C@@]1(C)C3=CC=C(C(=O)OC)[C@H]1C(=O)OC.C=CC1=C(C)c2cc3nc(cc4[nH]c(cc5[nH]c(cc1n2)c(C)c5CCC(=O)OC)c(CCC(=O)O)c4C)[C@@]1(C)C3=CC=C(C(=O)OC)[C@H]1C(=O)OC.NC(=O)c1cccnc1. The van der Waals surface area contributed by atoms with E-state index in [4.69, 9.17) is 54.1 Å². The minimum absolute atomic E-state index is 0.0715. The van der Waals surface area contributed by atoms with Gasteiger partial charge in [-0.25, -0.2) is 19.6 Å². The van der Waals surface area contributed by atoms with Crippen LogP contribution in [0.15, 0.2) is 134 Å². The van der Waals surface area contributed by atoms with Crippen LogP contribution in [0.4, 0.5) is 0 Å². The molecule has 0 saturated carbocycles. The van der Waals surface area contributed by atoms with E-state index in [0.29, 0.717) is 103 Å². The number of carboxylic acids is 2. The van der Waals surface area contributed by atoms with Crippen LogP contribution in [0.3, 0.4) is 0 Å². The van der Waals surface area contributed by atoms with Crippen LogP contribution in [-0.4, -0.2) is 151 Å². The van der Waals surface area contributed by atoms with Crippen LogP contribution in [-0.2, 0) is 103 Å². The van der Waals surface area contributed by atoms with Crippen molar-refractivity contribution < 1.29 is 81.8 Å². The number of methoxy groups -OCH3 is 6. The van der Waals surface area contributed by atoms with Crippen molar-refractivity contribution in [3.05, 3.63) is 229 Å². The maximum Gasteiger partial charge on any atom is 0.334 e. The third-order valence-corrected chi connectivity index (χ3v) is 22.4. The van der Waals surface area contributed by atoms with Gasteiger partial charge in [0, 0.05) is 93.4 Å². The number of aromatic amines is 4. The molecule has 27 heteroatoms. The van der Waals surface area contributed by atoms with Gasteiger partial charge in [-0.2, -0.15) is 0 Å². The Kier molecular flexibility index (Phi) is 24.3. The average molecular weight is 1560 g/mol. The van der Waals surface area contributed by atoms with Crippen molar-refractivity contribution in [1.29, 1.82) is 0 Å². The molecule has 1 amide bonds. The smallest absolute Gasteiger partial charge is 0.334 e. The maximum atomic E-state index is 13.7. The molecule has 16 bridgehead atoms. The van der Waals surface area contributed by atoms with Crippen molar-refractivity contribution in [2.45, 2.75) is 118 Å². The van der Waals surface area contributed by atoms with Gasteiger partial charge in [0.05, 0.1) is 116 Å². The molecule has 2 aliphatic carbocycles. The number of hydrogen-bond donors (Lipinski definition) is 7. The number of pyridine rings is 1. The molecule has 27 nitrogen and oxygen atoms in total. The Morgan fingerprint density at radius 2 is 0.809 bits per heavy atom. The Hall–Kier alpha value is -13.5. The number of ether oxygens (including phenoxy) is 6. The first-order chi connectivity index (χ1) is 54.8. The molecule has 6 aliphatic rings. The molecule has 13 rings (SSSR count). The molecule has 7 aromatic heterocycles. The standard InChI is InChI=1S/2C41H42N4O8.C6H6N2O/c1-9-23-20(2)29-17-34-27-13-10-26(39(49)52-7)38(40(50)53-8)41(27,5)35(45-34)19-30-22(4)24(11-14-36(46)47)32(44-30)18-33-25(12-15-37(48)51-6)21(3)28(43-33)16-31(23)42-29;1-9-23-20(2)29-17-34-27-13-10-26(39(49)52-7)38(40(50)53-8)41(27,5)35(45-34)19-30-22(4)25(12-15-37(48)51-6)33(44-30)18-32-24(11-14-36(46)47)21(3)28(43-32)16-31(23)42-29;7-6(9)5-2-1-3-8-4-5/h2*9-10,13,16-19,38,43-44H,1,11-12,14-15H2,2-8H3,(H,46,47);1-4H,(H2,7,9)/t2*38-,41+;/m00./s1. The molecule has 115 heavy (non-hydrogen) atoms. The van der Waals surface area contributed by atoms with Gasteiger partial charge in [0.25, 0.3) is 0 Å². The lowest BCUT2D eigenvalue weighted by molar-refractivity contribution is -0.149. The molecule has 8 N–H and O–H groups in total. The molecule has 7 aromatic rings. The molecule has 11 heterocycles. The van der Waals surface area contributed by atoms with Crippen molar-refractivity contribution in [1.82, 2.24) is 44.9 Å². The van der Waals surface area contributed by atoms with Crippen molar-refractivity contribution in [2.24, 2.45) is 17.6 Å². The van der Waals surface area contributed by atoms with Crippen molar-refractivity contribution in [3.8, 4) is 0 Å². The summed E-state index contributed by atoms with van der Waals surface area (Å²) in [6.45, 7) is 23.5. The summed E-state index contributed by atoms with van der Waals surface area (Å²) in [5, 5.41) is 19.3. The van der Waals surface area contributed by atoms with Crippen LogP contribution < -0.4 is 5.73 Å². The van der Waals surface area contributed by atoms with Gasteiger partial charge in [-0.1, -0.05) is 49.6 Å². The highest BCUT2D eigenvalue weighted by Crippen LogP contribution is 2.55. The lowest BCUT2D eigenvalue weighted by Crippen LogP contribution is -2.42. The Labute approximate surface area is 662 Å². The average Bonchev–Trinajstić information content (AvgIpc) is 1.58. The fraction of sp³-hybridized carbons (Fsp3) is 0.295. The Bertz CT molecular complexity index is 5880. The summed E-state index contributed by atoms with van der Waals surface area (Å²) >= 11 is 0. The van der Waals surface area contributed by atoms with E-state index in [1.165, 1.54) is 48.9 Å². The number of carboxylic acid groups (broad SMARTS) is 2. The number of aromatic nitrogens is 9. The van der Waals surface area contributed by atoms with E-state index in [-0.39, 0.29) is 61.6 Å². The molecule has 4 atom stereocenters. The van der Waals surface area contributed by atoms with Gasteiger partial charge in [-0.3, -0.25) is 48.5 Å². The van der Waals surface area contributed by atoms with Gasteiger partial charge >= 0.3 is 47.8 Å². The largest absolute Gasteiger partial charge is 0.481 e. The highest BCUT2D eigenvalue weighted by atomic mass is 16.5. The Balaban J connectivity index is 0.000000204. The number of H-pyrrole nitrogens is 4. The highest BCUT2D eigenvalue weighted by Gasteiger charge is 2.55. The monoisotopic (exact) mass is 1560 g/mol. The van der Waals surface area contributed by atoms with Crippen LogP contribution in [0.2, 0.25) is 0 Å². The molecule has 0 radical (unpaired) electrons. The molecule has 4 aliphatic heterocycles. The second-order valence-electron chi connectivity index (χ2n) is 28.6. The van der Waals surface area contributed by atoms with Crippen LogP contribution in [0.25, 0.3) is 77.6 Å². The minimum atomic E-state index is -1.18. The molecular formula is C88H90N10O17. The number of nitrogens with zero attached hydrogens (tertiary/aromatic N) is 5. The van der Waals surface area contributed by atoms with Crippen LogP contribution in [0, 0.1) is 39.5 Å². The first kappa shape index (κ1) is 82.5. The molecule has 0 saturated heterocycles. The normalized spacial score (nSPS) is 17.1. The van der Waals surface area contributed by atoms with Crippen LogP contribution in [0.5, 0.6) is 0 Å². The summed E-state index contributed by atoms with van der Waals surface area (Å²) < 4.78 is 30.7. The number of nitrogens with one attached hydrogen (secondary N) is 4. The number of carbonyl (C=O) groups excluding carboxylic acids is 7. The number of aryl methyl sites for hydroxylation is 8. The van der Waals surface area contributed by atoms with E-state index in [2.05, 4.69) is 38.1 Å². The molecule has 594 valence electrons. The van der Waals surface area contributed by atoms with E-state index >= 15 is 0 Å². The van der Waals surface area contributed by atoms with Gasteiger partial charge in [-0.05, 0) is 209 Å². The molecule has 0 spiro atoms. The number of amides is 1. The summed E-state index contributed by atoms with van der Waals surface area (Å²) in [4.78, 5) is 150. The fourth-order valence-electron chi connectivity index (χ4n) is 15.9. The first-order valence-corrected chi connectivity index (χ1v) is 36.9. The van der Waals surface area contributed by atoms with Crippen LogP contribution >= 0.6 is 0 Å². The molecular weight excluding hydrogens is 1470 g/mol. The minimum Gasteiger partial charge on any atom is -0.481 e. The zero-order valence-corrected chi connectivity index (χ0v) is 66.4. The van der Waals surface area contributed by atoms with Crippen LogP contribution in [0.1, 0.15) is 154 Å². The van der Waals surface area contributed by atoms with Crippen molar-refractivity contribution in [2.75, 3.05) is 42.7 Å². The third kappa shape index (κ3) is 15.8. The first-order valence-electron chi connectivity index (χ1n) is 36.9. The summed E-state index contributed by atoms with van der Waals surface area (Å²) in [6.07, 6.45) is 14.6. The van der Waals surface area contributed by atoms with Gasteiger partial charge in [0.2, 0.25) is 5.91 Å². The molecule has 0 aromatic carbocycles. The summed E-state index contributed by atoms with van der Waals surface area (Å²) in [7, 11) is 7.78. The van der Waals surface area contributed by atoms with E-state index in [1.807, 2.05) is 104 Å². The zero-order chi connectivity index (χ0) is 83.4. The van der Waals surface area contributed by atoms with Gasteiger partial charge in [0.1, 0.15) is 11.8 Å². The number of allylic oxidation sites excluding steroid dienone is 12. The number of carbonyl (C=O) groups is 9. The number of esters is 6. The second-order valence-corrected chi connectivity index (χ2v) is 28.6. The maximum absolute atomic E-state index is 13.7. The molecule has 0 unspecified atom stereocenters. The van der Waals surface area contributed by atoms with Crippen molar-refractivity contribution >= 4 is 131 Å². The second kappa shape index (κ2) is 33.9. The van der Waals surface area contributed by atoms with Crippen molar-refractivity contribution in [3.63, 3.8) is 0 Å². The molecule has 0 fully saturated rings. The zero-order valence-electron chi connectivity index (χ0n) is 66.4. The number of primary amides is 1. The van der Waals surface area contributed by atoms with E-state index in [0.717, 1.165) is 83.4 Å². The third-order valence-electron chi connectivity index (χ3n) is 22.4. The Morgan fingerprint density at radius 1 is 0.452 bits per heavy atom. The predicted octanol–water partition coefficient (Wildman–Crippen LogP) is 13.0. The lowest BCUT2D eigenvalue weighted by atomic mass is 9.64. The van der Waals surface area contributed by atoms with E-state index in [9.17, 15) is 53.4 Å². The lowest BCUT2D eigenvalue weighted by Gasteiger charge is -2.36.